The molecule has 1 atom stereocenters. The van der Waals surface area contributed by atoms with Crippen LogP contribution < -0.4 is 11.1 Å². The number of hydrogen-bond donors (Lipinski definition) is 1. The molecular weight excluding hydrogens is 373 g/mol. The molecule has 6 nitrogen and oxygen atoms in total. The highest BCUT2D eigenvalue weighted by atomic mass is 19.1. The van der Waals surface area contributed by atoms with Crippen LogP contribution in [0.2, 0.25) is 0 Å². The first-order chi connectivity index (χ1) is 14.0. The van der Waals surface area contributed by atoms with Gasteiger partial charge in [0.15, 0.2) is 0 Å². The lowest BCUT2D eigenvalue weighted by Crippen LogP contribution is -2.33. The van der Waals surface area contributed by atoms with E-state index in [4.69, 9.17) is 4.42 Å². The van der Waals surface area contributed by atoms with Crippen LogP contribution in [0.1, 0.15) is 42.5 Å². The number of carbonyl (C=O) groups is 1. The van der Waals surface area contributed by atoms with Crippen LogP contribution in [-0.2, 0) is 24.2 Å². The molecule has 1 N–H and O–H groups in total. The molecular formula is C22H22FN3O3. The summed E-state index contributed by atoms with van der Waals surface area (Å²) in [5.74, 6) is -1.42. The van der Waals surface area contributed by atoms with E-state index in [0.717, 1.165) is 23.1 Å². The molecule has 1 heterocycles. The van der Waals surface area contributed by atoms with Crippen molar-refractivity contribution in [3.05, 3.63) is 75.5 Å². The minimum atomic E-state index is -0.735. The number of carbonyl (C=O) groups excluding carboxylic acids is 1. The molecule has 0 radical (unpaired) electrons. The molecule has 1 aliphatic carbocycles. The fourth-order valence-electron chi connectivity index (χ4n) is 3.64. The maximum atomic E-state index is 13.0. The molecule has 0 aliphatic heterocycles. The summed E-state index contributed by atoms with van der Waals surface area (Å²) >= 11 is 0. The highest BCUT2D eigenvalue weighted by Crippen LogP contribution is 2.24. The number of amides is 1. The Labute approximate surface area is 167 Å². The number of rotatable bonds is 5. The van der Waals surface area contributed by atoms with Gasteiger partial charge in [-0.3, -0.25) is 4.79 Å². The fraction of sp³-hybridized carbons (Fsp3) is 0.318. The largest absolute Gasteiger partial charge is 0.437 e. The summed E-state index contributed by atoms with van der Waals surface area (Å²) in [6.07, 6.45) is 4.61. The molecule has 150 valence electrons. The van der Waals surface area contributed by atoms with E-state index >= 15 is 0 Å². The summed E-state index contributed by atoms with van der Waals surface area (Å²) in [6, 6.07) is 11.6. The van der Waals surface area contributed by atoms with Gasteiger partial charge in [-0.15, -0.1) is 5.10 Å². The monoisotopic (exact) mass is 395 g/mol. The van der Waals surface area contributed by atoms with Gasteiger partial charge in [0.1, 0.15) is 12.4 Å². The molecule has 0 saturated heterocycles. The number of aryl methyl sites for hydroxylation is 2. The Balaban J connectivity index is 1.43. The van der Waals surface area contributed by atoms with Crippen molar-refractivity contribution in [1.82, 2.24) is 15.1 Å². The summed E-state index contributed by atoms with van der Waals surface area (Å²) in [4.78, 5) is 24.4. The second-order valence-electron chi connectivity index (χ2n) is 7.36. The maximum absolute atomic E-state index is 13.0. The van der Waals surface area contributed by atoms with Crippen LogP contribution in [0, 0.1) is 5.82 Å². The number of fused-ring (bicyclic) bond motifs is 1. The van der Waals surface area contributed by atoms with E-state index in [1.165, 1.54) is 48.2 Å². The van der Waals surface area contributed by atoms with Gasteiger partial charge in [0.05, 0.1) is 6.04 Å². The molecule has 1 aliphatic rings. The predicted molar refractivity (Wildman–Crippen MR) is 106 cm³/mol. The Kier molecular flexibility index (Phi) is 5.29. The van der Waals surface area contributed by atoms with Gasteiger partial charge in [-0.2, -0.15) is 4.68 Å². The molecule has 1 amide bonds. The highest BCUT2D eigenvalue weighted by molar-refractivity contribution is 5.76. The zero-order chi connectivity index (χ0) is 20.4. The highest BCUT2D eigenvalue weighted by Gasteiger charge is 2.17. The minimum Gasteiger partial charge on any atom is -0.388 e. The van der Waals surface area contributed by atoms with Crippen LogP contribution in [-0.4, -0.2) is 15.7 Å². The normalized spacial score (nSPS) is 14.3. The third kappa shape index (κ3) is 4.29. The summed E-state index contributed by atoms with van der Waals surface area (Å²) in [6.45, 7) is 1.66. The lowest BCUT2D eigenvalue weighted by Gasteiger charge is -2.20. The SMILES string of the molecule is C[C@H](NC(=O)Cn1nc(-c2ccc(F)cc2)oc1=O)c1ccc2c(c1)CCCC2. The summed E-state index contributed by atoms with van der Waals surface area (Å²) < 4.78 is 19.1. The standard InChI is InChI=1S/C22H22FN3O3/c1-14(17-7-6-15-4-2-3-5-18(15)12-17)24-20(27)13-26-22(28)29-21(25-26)16-8-10-19(23)11-9-16/h6-12,14H,2-5,13H2,1H3,(H,24,27)/t14-/m0/s1. The molecule has 1 aromatic heterocycles. The van der Waals surface area contributed by atoms with Gasteiger partial charge in [0.25, 0.3) is 0 Å². The Morgan fingerprint density at radius 3 is 2.66 bits per heavy atom. The van der Waals surface area contributed by atoms with Gasteiger partial charge in [0, 0.05) is 5.56 Å². The zero-order valence-electron chi connectivity index (χ0n) is 16.2. The number of benzene rings is 2. The van der Waals surface area contributed by atoms with Crippen molar-refractivity contribution in [1.29, 1.82) is 0 Å². The van der Waals surface area contributed by atoms with Crippen LogP contribution in [0.15, 0.2) is 51.7 Å². The van der Waals surface area contributed by atoms with Crippen molar-refractivity contribution in [3.63, 3.8) is 0 Å². The van der Waals surface area contributed by atoms with Crippen LogP contribution in [0.5, 0.6) is 0 Å². The van der Waals surface area contributed by atoms with Crippen molar-refractivity contribution >= 4 is 5.91 Å². The van der Waals surface area contributed by atoms with E-state index in [9.17, 15) is 14.0 Å². The Morgan fingerprint density at radius 2 is 1.90 bits per heavy atom. The van der Waals surface area contributed by atoms with Crippen molar-refractivity contribution in [3.8, 4) is 11.5 Å². The number of nitrogens with zero attached hydrogens (tertiary/aromatic N) is 2. The number of hydrogen-bond acceptors (Lipinski definition) is 4. The van der Waals surface area contributed by atoms with E-state index in [1.54, 1.807) is 0 Å². The fourth-order valence-corrected chi connectivity index (χ4v) is 3.64. The average Bonchev–Trinajstić information content (AvgIpc) is 3.08. The molecule has 4 rings (SSSR count). The third-order valence-corrected chi connectivity index (χ3v) is 5.24. The van der Waals surface area contributed by atoms with Gasteiger partial charge >= 0.3 is 5.76 Å². The van der Waals surface area contributed by atoms with Crippen molar-refractivity contribution in [2.45, 2.75) is 45.2 Å². The van der Waals surface area contributed by atoms with Crippen LogP contribution in [0.4, 0.5) is 4.39 Å². The van der Waals surface area contributed by atoms with Gasteiger partial charge in [-0.1, -0.05) is 18.2 Å². The molecule has 0 fully saturated rings. The predicted octanol–water partition coefficient (Wildman–Crippen LogP) is 3.40. The number of nitrogens with one attached hydrogen (secondary N) is 1. The zero-order valence-corrected chi connectivity index (χ0v) is 16.2. The second-order valence-corrected chi connectivity index (χ2v) is 7.36. The Bertz CT molecular complexity index is 1090. The molecule has 3 aromatic rings. The van der Waals surface area contributed by atoms with Crippen molar-refractivity contribution < 1.29 is 13.6 Å². The lowest BCUT2D eigenvalue weighted by molar-refractivity contribution is -0.122. The van der Waals surface area contributed by atoms with Gasteiger partial charge in [-0.25, -0.2) is 9.18 Å². The van der Waals surface area contributed by atoms with Crippen molar-refractivity contribution in [2.24, 2.45) is 0 Å². The molecule has 2 aromatic carbocycles. The first-order valence-corrected chi connectivity index (χ1v) is 9.74. The first kappa shape index (κ1) is 19.1. The average molecular weight is 395 g/mol. The van der Waals surface area contributed by atoms with Crippen LogP contribution in [0.3, 0.4) is 0 Å². The van der Waals surface area contributed by atoms with E-state index < -0.39 is 11.6 Å². The Morgan fingerprint density at radius 1 is 1.17 bits per heavy atom. The van der Waals surface area contributed by atoms with Gasteiger partial charge < -0.3 is 9.73 Å². The second kappa shape index (κ2) is 8.03. The van der Waals surface area contributed by atoms with E-state index in [1.807, 2.05) is 13.0 Å². The smallest absolute Gasteiger partial charge is 0.388 e. The molecule has 0 bridgehead atoms. The lowest BCUT2D eigenvalue weighted by atomic mass is 9.89. The van der Waals surface area contributed by atoms with E-state index in [2.05, 4.69) is 22.5 Å². The minimum absolute atomic E-state index is 0.0468. The summed E-state index contributed by atoms with van der Waals surface area (Å²) in [5, 5.41) is 6.95. The molecule has 0 spiro atoms. The topological polar surface area (TPSA) is 77.1 Å². The third-order valence-electron chi connectivity index (χ3n) is 5.24. The molecule has 0 saturated carbocycles. The van der Waals surface area contributed by atoms with Gasteiger partial charge in [0.2, 0.25) is 11.8 Å². The number of aromatic nitrogens is 2. The maximum Gasteiger partial charge on any atom is 0.437 e. The summed E-state index contributed by atoms with van der Waals surface area (Å²) in [5.41, 5.74) is 4.25. The quantitative estimate of drug-likeness (QED) is 0.718. The first-order valence-electron chi connectivity index (χ1n) is 9.74. The number of halogens is 1. The van der Waals surface area contributed by atoms with Gasteiger partial charge in [-0.05, 0) is 73.6 Å². The Hall–Kier alpha value is -3.22. The van der Waals surface area contributed by atoms with Crippen LogP contribution >= 0.6 is 0 Å². The van der Waals surface area contributed by atoms with E-state index in [0.29, 0.717) is 5.56 Å². The van der Waals surface area contributed by atoms with Crippen LogP contribution in [0.25, 0.3) is 11.5 Å². The van der Waals surface area contributed by atoms with Crippen molar-refractivity contribution in [2.75, 3.05) is 0 Å². The van der Waals surface area contributed by atoms with E-state index in [-0.39, 0.29) is 24.4 Å². The summed E-state index contributed by atoms with van der Waals surface area (Å²) in [7, 11) is 0. The molecule has 29 heavy (non-hydrogen) atoms. The molecule has 0 unspecified atom stereocenters. The molecule has 7 heteroatoms.